The summed E-state index contributed by atoms with van der Waals surface area (Å²) in [5.41, 5.74) is 2.43. The van der Waals surface area contributed by atoms with E-state index in [2.05, 4.69) is 5.32 Å². The van der Waals surface area contributed by atoms with E-state index in [0.29, 0.717) is 27.6 Å². The van der Waals surface area contributed by atoms with Gasteiger partial charge in [0.05, 0.1) is 36.0 Å². The number of nitrogens with one attached hydrogen (secondary N) is 1. The van der Waals surface area contributed by atoms with Gasteiger partial charge < -0.3 is 10.1 Å². The Kier molecular flexibility index (Phi) is 7.14. The maximum absolute atomic E-state index is 13.4. The number of nitrogens with zero attached hydrogens (tertiary/aromatic N) is 2. The van der Waals surface area contributed by atoms with Crippen molar-refractivity contribution >= 4 is 50.9 Å². The highest BCUT2D eigenvalue weighted by Gasteiger charge is 2.19. The topological polar surface area (TPSA) is 90.3 Å². The third kappa shape index (κ3) is 4.90. The largest absolute Gasteiger partial charge is 0.465 e. The number of aromatic nitrogens is 2. The van der Waals surface area contributed by atoms with E-state index in [0.717, 1.165) is 16.0 Å². The fourth-order valence-electron chi connectivity index (χ4n) is 3.52. The molecule has 34 heavy (non-hydrogen) atoms. The molecule has 0 aliphatic carbocycles. The van der Waals surface area contributed by atoms with Crippen molar-refractivity contribution in [1.82, 2.24) is 9.55 Å². The van der Waals surface area contributed by atoms with Crippen LogP contribution in [0.3, 0.4) is 0 Å². The fraction of sp³-hybridized carbons (Fsp3) is 0.200. The maximum Gasteiger partial charge on any atom is 0.339 e. The fourth-order valence-corrected chi connectivity index (χ4v) is 5.39. The first-order valence-corrected chi connectivity index (χ1v) is 12.3. The van der Waals surface area contributed by atoms with Crippen molar-refractivity contribution in [3.05, 3.63) is 86.5 Å². The first-order chi connectivity index (χ1) is 16.4. The van der Waals surface area contributed by atoms with Crippen LogP contribution in [0.5, 0.6) is 0 Å². The van der Waals surface area contributed by atoms with Crippen LogP contribution >= 0.6 is 23.1 Å². The van der Waals surface area contributed by atoms with E-state index >= 15 is 0 Å². The minimum Gasteiger partial charge on any atom is -0.465 e. The second-order valence-electron chi connectivity index (χ2n) is 7.61. The quantitative estimate of drug-likeness (QED) is 0.229. The lowest BCUT2D eigenvalue weighted by molar-refractivity contribution is -0.113. The molecule has 0 bridgehead atoms. The monoisotopic (exact) mass is 493 g/mol. The van der Waals surface area contributed by atoms with Crippen LogP contribution in [0.15, 0.2) is 64.5 Å². The van der Waals surface area contributed by atoms with Crippen LogP contribution in [-0.2, 0) is 16.1 Å². The number of carbonyl (C=O) groups excluding carboxylic acids is 2. The van der Waals surface area contributed by atoms with Gasteiger partial charge in [0, 0.05) is 4.88 Å². The summed E-state index contributed by atoms with van der Waals surface area (Å²) >= 11 is 2.66. The highest BCUT2D eigenvalue weighted by atomic mass is 32.2. The highest BCUT2D eigenvalue weighted by Crippen LogP contribution is 2.29. The van der Waals surface area contributed by atoms with E-state index in [4.69, 9.17) is 9.72 Å². The number of methoxy groups -OCH3 is 1. The summed E-state index contributed by atoms with van der Waals surface area (Å²) in [6, 6.07) is 16.3. The van der Waals surface area contributed by atoms with Gasteiger partial charge in [-0.1, -0.05) is 54.2 Å². The van der Waals surface area contributed by atoms with Crippen LogP contribution in [0.2, 0.25) is 0 Å². The lowest BCUT2D eigenvalue weighted by Crippen LogP contribution is -2.25. The van der Waals surface area contributed by atoms with Gasteiger partial charge in [0.2, 0.25) is 5.91 Å². The van der Waals surface area contributed by atoms with E-state index in [1.54, 1.807) is 28.8 Å². The molecular weight excluding hydrogens is 470 g/mol. The van der Waals surface area contributed by atoms with Gasteiger partial charge in [0.25, 0.3) is 5.56 Å². The van der Waals surface area contributed by atoms with Gasteiger partial charge >= 0.3 is 5.97 Å². The Balaban J connectivity index is 1.62. The minimum absolute atomic E-state index is 0.0194. The molecule has 0 saturated heterocycles. The molecule has 174 valence electrons. The summed E-state index contributed by atoms with van der Waals surface area (Å²) < 4.78 is 6.41. The van der Waals surface area contributed by atoms with Crippen LogP contribution in [0.1, 0.15) is 26.4 Å². The zero-order valence-corrected chi connectivity index (χ0v) is 20.6. The van der Waals surface area contributed by atoms with Crippen LogP contribution in [0, 0.1) is 13.8 Å². The average Bonchev–Trinajstić information content (AvgIpc) is 3.13. The average molecular weight is 494 g/mol. The molecule has 0 saturated carbocycles. The smallest absolute Gasteiger partial charge is 0.339 e. The zero-order valence-electron chi connectivity index (χ0n) is 19.0. The molecule has 0 aliphatic heterocycles. The molecule has 4 rings (SSSR count). The number of carbonyl (C=O) groups is 2. The van der Waals surface area contributed by atoms with Crippen molar-refractivity contribution in [1.29, 1.82) is 0 Å². The number of ether oxygens (including phenoxy) is 1. The number of thiophene rings is 1. The molecule has 0 unspecified atom stereocenters. The standard InChI is InChI=1S/C25H23N3O4S2/c1-15-16(2)34-22-21(15)23(30)28(13-17-9-5-4-6-10-17)25(27-22)33-14-20(29)26-19-12-8-7-11-18(19)24(31)32-3/h4-12H,13-14H2,1-3H3,(H,26,29). The molecule has 2 aromatic carbocycles. The number of thioether (sulfide) groups is 1. The summed E-state index contributed by atoms with van der Waals surface area (Å²) in [6.45, 7) is 4.26. The summed E-state index contributed by atoms with van der Waals surface area (Å²) in [4.78, 5) is 44.6. The first kappa shape index (κ1) is 23.7. The maximum atomic E-state index is 13.4. The normalized spacial score (nSPS) is 10.9. The van der Waals surface area contributed by atoms with Gasteiger partial charge in [-0.2, -0.15) is 0 Å². The van der Waals surface area contributed by atoms with Gasteiger partial charge in [-0.05, 0) is 37.1 Å². The summed E-state index contributed by atoms with van der Waals surface area (Å²) in [5, 5.41) is 3.85. The van der Waals surface area contributed by atoms with Crippen LogP contribution in [0.4, 0.5) is 5.69 Å². The van der Waals surface area contributed by atoms with Gasteiger partial charge in [0.1, 0.15) is 4.83 Å². The third-order valence-corrected chi connectivity index (χ3v) is 7.45. The van der Waals surface area contributed by atoms with E-state index in [1.807, 2.05) is 44.2 Å². The van der Waals surface area contributed by atoms with Gasteiger partial charge in [-0.25, -0.2) is 9.78 Å². The molecule has 2 aromatic heterocycles. The molecule has 0 fully saturated rings. The number of esters is 1. The Morgan fingerprint density at radius 1 is 1.09 bits per heavy atom. The molecule has 0 aliphatic rings. The number of anilines is 1. The first-order valence-electron chi connectivity index (χ1n) is 10.5. The van der Waals surface area contributed by atoms with Crippen LogP contribution in [-0.4, -0.2) is 34.3 Å². The van der Waals surface area contributed by atoms with Crippen molar-refractivity contribution in [3.63, 3.8) is 0 Å². The molecule has 0 radical (unpaired) electrons. The van der Waals surface area contributed by atoms with Gasteiger partial charge in [-0.3, -0.25) is 14.2 Å². The molecule has 0 spiro atoms. The zero-order chi connectivity index (χ0) is 24.2. The summed E-state index contributed by atoms with van der Waals surface area (Å²) in [6.07, 6.45) is 0. The number of para-hydroxylation sites is 1. The molecule has 9 heteroatoms. The van der Waals surface area contributed by atoms with Crippen molar-refractivity contribution in [2.24, 2.45) is 0 Å². The molecule has 1 amide bonds. The second-order valence-corrected chi connectivity index (χ2v) is 9.75. The number of hydrogen-bond donors (Lipinski definition) is 1. The predicted octanol–water partition coefficient (Wildman–Crippen LogP) is 4.64. The second kappa shape index (κ2) is 10.2. The number of hydrogen-bond acceptors (Lipinski definition) is 7. The SMILES string of the molecule is COC(=O)c1ccccc1NC(=O)CSc1nc2sc(C)c(C)c2c(=O)n1Cc1ccccc1. The van der Waals surface area contributed by atoms with E-state index in [-0.39, 0.29) is 22.8 Å². The van der Waals surface area contributed by atoms with E-state index < -0.39 is 5.97 Å². The summed E-state index contributed by atoms with van der Waals surface area (Å²) in [5.74, 6) is -0.831. The Labute approximate surface area is 204 Å². The number of rotatable bonds is 7. The number of benzene rings is 2. The number of fused-ring (bicyclic) bond motifs is 1. The Morgan fingerprint density at radius 2 is 1.79 bits per heavy atom. The van der Waals surface area contributed by atoms with Crippen molar-refractivity contribution < 1.29 is 14.3 Å². The van der Waals surface area contributed by atoms with Crippen molar-refractivity contribution in [3.8, 4) is 0 Å². The Hall–Kier alpha value is -3.43. The highest BCUT2D eigenvalue weighted by molar-refractivity contribution is 7.99. The predicted molar refractivity (Wildman–Crippen MR) is 136 cm³/mol. The van der Waals surface area contributed by atoms with Gasteiger partial charge in [0.15, 0.2) is 5.16 Å². The van der Waals surface area contributed by atoms with Crippen molar-refractivity contribution in [2.75, 3.05) is 18.2 Å². The Morgan fingerprint density at radius 3 is 2.53 bits per heavy atom. The Bertz CT molecular complexity index is 1430. The molecule has 4 aromatic rings. The number of amides is 1. The lowest BCUT2D eigenvalue weighted by Gasteiger charge is -2.13. The third-order valence-electron chi connectivity index (χ3n) is 5.38. The van der Waals surface area contributed by atoms with Crippen molar-refractivity contribution in [2.45, 2.75) is 25.5 Å². The lowest BCUT2D eigenvalue weighted by atomic mass is 10.2. The van der Waals surface area contributed by atoms with E-state index in [9.17, 15) is 14.4 Å². The molecule has 0 atom stereocenters. The molecule has 1 N–H and O–H groups in total. The number of aryl methyl sites for hydroxylation is 2. The molecular formula is C25H23N3O4S2. The van der Waals surface area contributed by atoms with E-state index in [1.165, 1.54) is 30.2 Å². The molecule has 2 heterocycles. The molecule has 7 nitrogen and oxygen atoms in total. The van der Waals surface area contributed by atoms with Gasteiger partial charge in [-0.15, -0.1) is 11.3 Å². The van der Waals surface area contributed by atoms with Crippen LogP contribution < -0.4 is 10.9 Å². The summed E-state index contributed by atoms with van der Waals surface area (Å²) in [7, 11) is 1.29. The minimum atomic E-state index is -0.532. The van der Waals surface area contributed by atoms with Crippen LogP contribution in [0.25, 0.3) is 10.2 Å².